The molecule has 2 atom stereocenters. The highest BCUT2D eigenvalue weighted by Gasteiger charge is 2.36. The number of aliphatic hydroxyl groups is 1. The molecule has 2 unspecified atom stereocenters. The number of aliphatic imine (C=N–C) groups is 2. The van der Waals surface area contributed by atoms with Crippen molar-refractivity contribution in [1.82, 2.24) is 10.2 Å². The quantitative estimate of drug-likeness (QED) is 0.261. The van der Waals surface area contributed by atoms with Crippen LogP contribution in [0.25, 0.3) is 0 Å². The Morgan fingerprint density at radius 3 is 2.41 bits per heavy atom. The second-order valence-electron chi connectivity index (χ2n) is 9.71. The van der Waals surface area contributed by atoms with E-state index in [0.717, 1.165) is 54.6 Å². The molecule has 11 heteroatoms. The number of benzene rings is 1. The van der Waals surface area contributed by atoms with Crippen molar-refractivity contribution >= 4 is 40.8 Å². The van der Waals surface area contributed by atoms with E-state index < -0.39 is 6.43 Å². The Morgan fingerprint density at radius 1 is 1.32 bits per heavy atom. The van der Waals surface area contributed by atoms with Gasteiger partial charge in [-0.3, -0.25) is 14.8 Å². The first-order valence-corrected chi connectivity index (χ1v) is 15.9. The van der Waals surface area contributed by atoms with Gasteiger partial charge < -0.3 is 15.3 Å². The maximum absolute atomic E-state index is 12.1. The number of nitrogens with one attached hydrogen (secondary N) is 1. The van der Waals surface area contributed by atoms with Crippen LogP contribution < -0.4 is 5.32 Å². The van der Waals surface area contributed by atoms with Gasteiger partial charge in [-0.05, 0) is 63.3 Å². The van der Waals surface area contributed by atoms with Crippen LogP contribution in [0.2, 0.25) is 5.02 Å². The first-order valence-electron chi connectivity index (χ1n) is 14.6. The zero-order valence-corrected chi connectivity index (χ0v) is 28.5. The smallest absolute Gasteiger partial charge is 0.235 e. The first kappa shape index (κ1) is 41.2. The van der Waals surface area contributed by atoms with Crippen LogP contribution in [0.4, 0.5) is 13.2 Å². The highest BCUT2D eigenvalue weighted by Crippen LogP contribution is 2.33. The van der Waals surface area contributed by atoms with Gasteiger partial charge in [-0.25, -0.2) is 13.2 Å². The predicted molar refractivity (Wildman–Crippen MR) is 182 cm³/mol. The Labute approximate surface area is 271 Å². The highest BCUT2D eigenvalue weighted by atomic mass is 35.5. The molecule has 2 aliphatic rings. The SMILES string of the molecule is C=C(S/C=C\C)C1=NCC(C(/C=C\C)=NC)=C2CC(NC(C)=O)CN12.CC(F)F.CCCC(O)CC.Fc1cccc(Cl)c1. The Bertz CT molecular complexity index is 1170. The van der Waals surface area contributed by atoms with Crippen molar-refractivity contribution in [1.29, 1.82) is 0 Å². The normalized spacial score (nSPS) is 16.8. The van der Waals surface area contributed by atoms with Gasteiger partial charge in [0.15, 0.2) is 0 Å². The molecule has 246 valence electrons. The van der Waals surface area contributed by atoms with Crippen molar-refractivity contribution < 1.29 is 23.1 Å². The Hall–Kier alpha value is -2.82. The van der Waals surface area contributed by atoms with Crippen molar-refractivity contribution in [2.45, 2.75) is 85.8 Å². The van der Waals surface area contributed by atoms with Crippen LogP contribution in [0, 0.1) is 5.82 Å². The standard InChI is InChI=1S/C19H26N4OS.C6H4ClF.C6H14O.C2H4F2/c1-6-8-17(20-5)16-11-21-19(13(3)25-9-7-2)23-12-15(10-18(16)23)22-14(4)24;7-5-2-1-3-6(8)4-5;1-3-5-6(7)4-2;1-2(3)4/h6-9,15H,3,10-12H2,1-2,4-5H3,(H,22,24);1-4H;6-7H,3-5H2,1-2H3;2H,1H3/b8-6-,9-7-,20-17?;;;. The molecule has 2 aliphatic heterocycles. The summed E-state index contributed by atoms with van der Waals surface area (Å²) in [6.45, 7) is 15.9. The van der Waals surface area contributed by atoms with Crippen LogP contribution in [0.3, 0.4) is 0 Å². The van der Waals surface area contributed by atoms with Gasteiger partial charge in [0.2, 0.25) is 12.3 Å². The van der Waals surface area contributed by atoms with Crippen LogP contribution in [0.15, 0.2) is 80.6 Å². The summed E-state index contributed by atoms with van der Waals surface area (Å²) in [5, 5.41) is 14.3. The molecule has 0 bridgehead atoms. The van der Waals surface area contributed by atoms with Gasteiger partial charge in [-0.2, -0.15) is 0 Å². The molecule has 0 aromatic heterocycles. The number of carbonyl (C=O) groups excluding carboxylic acids is 1. The average Bonchev–Trinajstić information content (AvgIpc) is 3.37. The van der Waals surface area contributed by atoms with Gasteiger partial charge in [0.1, 0.15) is 11.7 Å². The number of aliphatic hydroxyl groups excluding tert-OH is 1. The number of nitrogens with zero attached hydrogens (tertiary/aromatic N) is 3. The summed E-state index contributed by atoms with van der Waals surface area (Å²) in [4.78, 5) is 23.8. The van der Waals surface area contributed by atoms with Crippen LogP contribution in [0.5, 0.6) is 0 Å². The average molecular weight is 657 g/mol. The predicted octanol–water partition coefficient (Wildman–Crippen LogP) is 8.60. The van der Waals surface area contributed by atoms with E-state index in [1.165, 1.54) is 17.8 Å². The summed E-state index contributed by atoms with van der Waals surface area (Å²) < 4.78 is 32.7. The fourth-order valence-corrected chi connectivity index (χ4v) is 4.85. The molecule has 44 heavy (non-hydrogen) atoms. The van der Waals surface area contributed by atoms with Gasteiger partial charge in [0.25, 0.3) is 0 Å². The monoisotopic (exact) mass is 656 g/mol. The molecule has 1 amide bonds. The number of allylic oxidation sites excluding steroid dienone is 3. The molecule has 1 fully saturated rings. The summed E-state index contributed by atoms with van der Waals surface area (Å²) in [6, 6.07) is 5.89. The lowest BCUT2D eigenvalue weighted by atomic mass is 10.0. The molecular formula is C33H48ClF3N4O2S. The highest BCUT2D eigenvalue weighted by molar-refractivity contribution is 8.06. The number of hydrogen-bond acceptors (Lipinski definition) is 6. The molecule has 0 aliphatic carbocycles. The lowest BCUT2D eigenvalue weighted by molar-refractivity contribution is -0.119. The van der Waals surface area contributed by atoms with E-state index in [9.17, 15) is 18.0 Å². The van der Waals surface area contributed by atoms with E-state index in [2.05, 4.69) is 28.7 Å². The van der Waals surface area contributed by atoms with Crippen LogP contribution >= 0.6 is 23.4 Å². The second-order valence-corrected chi connectivity index (χ2v) is 11.1. The number of hydrogen-bond donors (Lipinski definition) is 2. The van der Waals surface area contributed by atoms with Gasteiger partial charge in [-0.15, -0.1) is 0 Å². The lowest BCUT2D eigenvalue weighted by Crippen LogP contribution is -2.38. The van der Waals surface area contributed by atoms with E-state index in [0.29, 0.717) is 18.1 Å². The number of alkyl halides is 2. The van der Waals surface area contributed by atoms with Gasteiger partial charge in [0, 0.05) is 48.1 Å². The van der Waals surface area contributed by atoms with Crippen LogP contribution in [-0.4, -0.2) is 66.2 Å². The number of thioether (sulfide) groups is 1. The molecule has 3 rings (SSSR count). The minimum absolute atomic E-state index is 0.00885. The third kappa shape index (κ3) is 16.9. The topological polar surface area (TPSA) is 77.3 Å². The summed E-state index contributed by atoms with van der Waals surface area (Å²) in [6.07, 6.45) is 7.49. The van der Waals surface area contributed by atoms with E-state index in [4.69, 9.17) is 21.7 Å². The van der Waals surface area contributed by atoms with Gasteiger partial charge in [-0.1, -0.05) is 68.4 Å². The summed E-state index contributed by atoms with van der Waals surface area (Å²) in [5.74, 6) is 0.591. The third-order valence-corrected chi connectivity index (χ3v) is 7.03. The molecule has 1 aromatic rings. The summed E-state index contributed by atoms with van der Waals surface area (Å²) in [5.41, 5.74) is 3.26. The van der Waals surface area contributed by atoms with Crippen molar-refractivity contribution in [2.24, 2.45) is 9.98 Å². The molecule has 1 saturated heterocycles. The van der Waals surface area contributed by atoms with E-state index >= 15 is 0 Å². The van der Waals surface area contributed by atoms with Crippen LogP contribution in [-0.2, 0) is 4.79 Å². The molecule has 0 radical (unpaired) electrons. The summed E-state index contributed by atoms with van der Waals surface area (Å²) in [7, 11) is 1.80. The molecule has 6 nitrogen and oxygen atoms in total. The number of carbonyl (C=O) groups is 1. The molecule has 0 saturated carbocycles. The Morgan fingerprint density at radius 2 is 1.98 bits per heavy atom. The van der Waals surface area contributed by atoms with Gasteiger partial charge >= 0.3 is 0 Å². The Kier molecular flexibility index (Phi) is 22.0. The van der Waals surface area contributed by atoms with E-state index in [1.54, 1.807) is 37.9 Å². The molecule has 0 spiro atoms. The molecule has 1 aromatic carbocycles. The number of amidine groups is 1. The molecular weight excluding hydrogens is 609 g/mol. The number of rotatable bonds is 9. The minimum Gasteiger partial charge on any atom is -0.393 e. The first-order chi connectivity index (χ1) is 20.8. The van der Waals surface area contributed by atoms with Crippen molar-refractivity contribution in [3.8, 4) is 0 Å². The number of fused-ring (bicyclic) bond motifs is 1. The van der Waals surface area contributed by atoms with Gasteiger partial charge in [0.05, 0.1) is 24.4 Å². The van der Waals surface area contributed by atoms with E-state index in [-0.39, 0.29) is 23.9 Å². The number of amides is 1. The zero-order chi connectivity index (χ0) is 33.7. The summed E-state index contributed by atoms with van der Waals surface area (Å²) >= 11 is 6.98. The largest absolute Gasteiger partial charge is 0.393 e. The van der Waals surface area contributed by atoms with Crippen molar-refractivity contribution in [3.63, 3.8) is 0 Å². The van der Waals surface area contributed by atoms with Crippen LogP contribution in [0.1, 0.15) is 67.2 Å². The third-order valence-electron chi connectivity index (χ3n) is 5.92. The molecule has 2 heterocycles. The van der Waals surface area contributed by atoms with E-state index in [1.807, 2.05) is 44.4 Å². The van der Waals surface area contributed by atoms with Crippen molar-refractivity contribution in [2.75, 3.05) is 20.1 Å². The lowest BCUT2D eigenvalue weighted by Gasteiger charge is -2.29. The fraction of sp³-hybridized carbons (Fsp3) is 0.485. The van der Waals surface area contributed by atoms with Crippen molar-refractivity contribution in [3.05, 3.63) is 81.5 Å². The number of halogens is 4. The maximum Gasteiger partial charge on any atom is 0.235 e. The zero-order valence-electron chi connectivity index (χ0n) is 26.9. The minimum atomic E-state index is -2.17. The molecule has 2 N–H and O–H groups in total. The fourth-order valence-electron chi connectivity index (χ4n) is 4.09. The maximum atomic E-state index is 12.1. The Balaban J connectivity index is 0.000000786. The second kappa shape index (κ2) is 23.5.